The maximum absolute atomic E-state index is 14.0. The number of nitrogens with zero attached hydrogens (tertiary/aromatic N) is 3. The van der Waals surface area contributed by atoms with Crippen molar-refractivity contribution in [1.29, 1.82) is 0 Å². The molecule has 2 heterocycles. The molecule has 5 aromatic rings. The van der Waals surface area contributed by atoms with Crippen LogP contribution < -0.4 is 18.2 Å². The van der Waals surface area contributed by atoms with Gasteiger partial charge in [-0.25, -0.2) is 12.8 Å². The van der Waals surface area contributed by atoms with Crippen LogP contribution >= 0.6 is 11.6 Å². The van der Waals surface area contributed by atoms with Gasteiger partial charge < -0.3 is 23.6 Å². The van der Waals surface area contributed by atoms with Crippen molar-refractivity contribution in [3.05, 3.63) is 82.4 Å². The van der Waals surface area contributed by atoms with Crippen molar-refractivity contribution in [2.75, 3.05) is 31.8 Å². The Morgan fingerprint density at radius 3 is 2.20 bits per heavy atom. The first kappa shape index (κ1) is 38.2. The van der Waals surface area contributed by atoms with E-state index < -0.39 is 24.2 Å². The smallest absolute Gasteiger partial charge is 0.258 e. The molecule has 51 heavy (non-hydrogen) atoms. The summed E-state index contributed by atoms with van der Waals surface area (Å²) in [5.74, 6) is 1.01. The van der Waals surface area contributed by atoms with Crippen LogP contribution in [0.3, 0.4) is 0 Å². The monoisotopic (exact) mass is 755 g/mol. The first-order valence-corrected chi connectivity index (χ1v) is 21.2. The lowest BCUT2D eigenvalue weighted by Gasteiger charge is -2.42. The summed E-state index contributed by atoms with van der Waals surface area (Å²) < 4.78 is 61.9. The highest BCUT2D eigenvalue weighted by molar-refractivity contribution is 7.92. The summed E-state index contributed by atoms with van der Waals surface area (Å²) in [6.07, 6.45) is 4.97. The van der Waals surface area contributed by atoms with Crippen LogP contribution in [0.4, 0.5) is 10.1 Å². The summed E-state index contributed by atoms with van der Waals surface area (Å²) >= 11 is 6.11. The van der Waals surface area contributed by atoms with E-state index in [4.69, 9.17) is 30.5 Å². The van der Waals surface area contributed by atoms with Gasteiger partial charge in [-0.3, -0.25) is 9.29 Å². The molecule has 3 aromatic carbocycles. The highest BCUT2D eigenvalue weighted by Gasteiger charge is 2.48. The number of halogens is 2. The fourth-order valence-corrected chi connectivity index (χ4v) is 13.5. The predicted octanol–water partition coefficient (Wildman–Crippen LogP) is 9.29. The molecule has 274 valence electrons. The Hall–Kier alpha value is -4.00. The van der Waals surface area contributed by atoms with Crippen LogP contribution in [-0.2, 0) is 23.0 Å². The normalized spacial score (nSPS) is 12.5. The molecule has 0 unspecified atom stereocenters. The van der Waals surface area contributed by atoms with Crippen LogP contribution in [0.15, 0.2) is 54.9 Å². The Bertz CT molecular complexity index is 2180. The van der Waals surface area contributed by atoms with Gasteiger partial charge in [0.05, 0.1) is 43.1 Å². The Morgan fingerprint density at radius 2 is 1.63 bits per heavy atom. The molecule has 0 spiro atoms. The van der Waals surface area contributed by atoms with E-state index in [-0.39, 0.29) is 34.1 Å². The van der Waals surface area contributed by atoms with Crippen LogP contribution in [-0.4, -0.2) is 58.9 Å². The van der Waals surface area contributed by atoms with Crippen molar-refractivity contribution in [1.82, 2.24) is 9.55 Å². The number of methoxy groups -OCH3 is 2. The van der Waals surface area contributed by atoms with Gasteiger partial charge in [-0.1, -0.05) is 59.2 Å². The van der Waals surface area contributed by atoms with E-state index in [1.807, 2.05) is 18.2 Å². The summed E-state index contributed by atoms with van der Waals surface area (Å²) in [6, 6.07) is 11.9. The van der Waals surface area contributed by atoms with Crippen molar-refractivity contribution < 1.29 is 31.8 Å². The molecule has 0 bridgehead atoms. The predicted molar refractivity (Wildman–Crippen MR) is 207 cm³/mol. The quantitative estimate of drug-likeness (QED) is 0.120. The van der Waals surface area contributed by atoms with E-state index in [9.17, 15) is 17.9 Å². The van der Waals surface area contributed by atoms with Crippen LogP contribution in [0.5, 0.6) is 23.1 Å². The molecule has 0 atom stereocenters. The summed E-state index contributed by atoms with van der Waals surface area (Å²) in [5.41, 5.74) is 3.65. The number of hydrogen-bond acceptors (Lipinski definition) is 7. The van der Waals surface area contributed by atoms with Crippen molar-refractivity contribution >= 4 is 57.3 Å². The zero-order valence-corrected chi connectivity index (χ0v) is 33.4. The van der Waals surface area contributed by atoms with Gasteiger partial charge in [-0.15, -0.1) is 0 Å². The van der Waals surface area contributed by atoms with E-state index in [1.165, 1.54) is 17.4 Å². The lowest BCUT2D eigenvalue weighted by Crippen LogP contribution is -2.50. The number of ether oxygens (including phenoxy) is 2. The zero-order valence-electron chi connectivity index (χ0n) is 30.8. The molecule has 5 rings (SSSR count). The van der Waals surface area contributed by atoms with E-state index >= 15 is 0 Å². The third-order valence-electron chi connectivity index (χ3n) is 9.97. The Kier molecular flexibility index (Phi) is 10.9. The average molecular weight is 756 g/mol. The third kappa shape index (κ3) is 7.10. The number of aromatic hydroxyl groups is 1. The average Bonchev–Trinajstić information content (AvgIpc) is 3.38. The summed E-state index contributed by atoms with van der Waals surface area (Å²) in [5, 5.41) is 13.6. The lowest BCUT2D eigenvalue weighted by atomic mass is 10.0. The standard InChI is InChI=1S/C38H47ClFN3O6SSi/c1-22(2)51(23(3)4,24(5)6)49-37-34-30(21-43(38(34)44)20-27-12-13-28(47-8)18-33(27)48-9)36(42(7)50(10,45)46)29-16-26(19-41-35(29)37)15-25-11-14-32(40)31(39)17-25/h11-14,16-19,21-24,44H,15,20H2,1-10H3. The van der Waals surface area contributed by atoms with Gasteiger partial charge in [-0.05, 0) is 64.5 Å². The van der Waals surface area contributed by atoms with E-state index in [0.717, 1.165) is 22.9 Å². The molecule has 0 saturated carbocycles. The van der Waals surface area contributed by atoms with Gasteiger partial charge in [0.15, 0.2) is 0 Å². The van der Waals surface area contributed by atoms with Gasteiger partial charge in [0.1, 0.15) is 28.6 Å². The first-order chi connectivity index (χ1) is 23.9. The van der Waals surface area contributed by atoms with Gasteiger partial charge in [0.2, 0.25) is 15.9 Å². The molecule has 9 nitrogen and oxygen atoms in total. The Balaban J connectivity index is 1.88. The maximum Gasteiger partial charge on any atom is 0.258 e. The molecular weight excluding hydrogens is 709 g/mol. The van der Waals surface area contributed by atoms with Crippen molar-refractivity contribution in [2.24, 2.45) is 0 Å². The largest absolute Gasteiger partial charge is 0.541 e. The van der Waals surface area contributed by atoms with Crippen molar-refractivity contribution in [3.63, 3.8) is 0 Å². The zero-order chi connectivity index (χ0) is 37.6. The minimum Gasteiger partial charge on any atom is -0.541 e. The lowest BCUT2D eigenvalue weighted by molar-refractivity contribution is 0.387. The van der Waals surface area contributed by atoms with E-state index in [2.05, 4.69) is 41.5 Å². The number of fused-ring (bicyclic) bond motifs is 2. The number of pyridine rings is 1. The first-order valence-electron chi connectivity index (χ1n) is 16.9. The number of hydrogen-bond donors (Lipinski definition) is 1. The maximum atomic E-state index is 14.0. The van der Waals surface area contributed by atoms with Gasteiger partial charge in [0.25, 0.3) is 8.32 Å². The van der Waals surface area contributed by atoms with Gasteiger partial charge in [-0.2, -0.15) is 0 Å². The number of anilines is 1. The fourth-order valence-electron chi connectivity index (χ4n) is 7.49. The molecule has 0 aliphatic rings. The minimum absolute atomic E-state index is 0.0128. The second-order valence-corrected chi connectivity index (χ2v) is 21.8. The van der Waals surface area contributed by atoms with Crippen LogP contribution in [0.2, 0.25) is 21.6 Å². The Labute approximate surface area is 306 Å². The number of sulfonamides is 1. The second-order valence-electron chi connectivity index (χ2n) is 14.0. The van der Waals surface area contributed by atoms with Crippen molar-refractivity contribution in [2.45, 2.75) is 71.1 Å². The molecule has 0 amide bonds. The van der Waals surface area contributed by atoms with Crippen LogP contribution in [0.1, 0.15) is 58.2 Å². The number of aromatic nitrogens is 2. The topological polar surface area (TPSA) is 103 Å². The summed E-state index contributed by atoms with van der Waals surface area (Å²) in [6.45, 7) is 13.3. The van der Waals surface area contributed by atoms with Crippen LogP contribution in [0.25, 0.3) is 21.7 Å². The molecule has 0 aliphatic heterocycles. The molecule has 1 N–H and O–H groups in total. The molecule has 2 aromatic heterocycles. The Morgan fingerprint density at radius 1 is 0.961 bits per heavy atom. The molecule has 0 fully saturated rings. The highest BCUT2D eigenvalue weighted by atomic mass is 35.5. The van der Waals surface area contributed by atoms with Crippen LogP contribution in [0, 0.1) is 5.82 Å². The number of benzene rings is 3. The fraction of sp³-hybridized carbons (Fsp3) is 0.395. The molecular formula is C38H47ClFN3O6SSi. The SMILES string of the molecule is COc1ccc(Cn2cc3c(N(C)S(C)(=O)=O)c4cc(Cc5ccc(F)c(Cl)c5)cnc4c(O[Si](C(C)C)(C(C)C)C(C)C)c3c2O)c(OC)c1. The van der Waals surface area contributed by atoms with E-state index in [1.54, 1.807) is 49.4 Å². The van der Waals surface area contributed by atoms with Gasteiger partial charge in [0, 0.05) is 41.8 Å². The minimum atomic E-state index is -3.80. The molecule has 0 aliphatic carbocycles. The molecule has 0 saturated heterocycles. The molecule has 0 radical (unpaired) electrons. The second kappa shape index (κ2) is 14.6. The third-order valence-corrected chi connectivity index (χ3v) is 17.4. The summed E-state index contributed by atoms with van der Waals surface area (Å²) in [7, 11) is -1.82. The molecule has 13 heteroatoms. The number of rotatable bonds is 13. The van der Waals surface area contributed by atoms with Gasteiger partial charge >= 0.3 is 0 Å². The summed E-state index contributed by atoms with van der Waals surface area (Å²) in [4.78, 5) is 4.95. The van der Waals surface area contributed by atoms with Crippen molar-refractivity contribution in [3.8, 4) is 23.1 Å². The highest BCUT2D eigenvalue weighted by Crippen LogP contribution is 2.51. The van der Waals surface area contributed by atoms with E-state index in [0.29, 0.717) is 51.0 Å².